The smallest absolute Gasteiger partial charge is 0.247 e. The van der Waals surface area contributed by atoms with Crippen LogP contribution in [0, 0.1) is 0 Å². The van der Waals surface area contributed by atoms with Gasteiger partial charge < -0.3 is 4.74 Å². The van der Waals surface area contributed by atoms with E-state index in [2.05, 4.69) is 0 Å². The Morgan fingerprint density at radius 3 is 2.33 bits per heavy atom. The van der Waals surface area contributed by atoms with E-state index in [-0.39, 0.29) is 41.1 Å². The molecular weight excluding hydrogens is 428 g/mol. The van der Waals surface area contributed by atoms with Crippen LogP contribution >= 0.6 is 0 Å². The topological polar surface area (TPSA) is 101 Å². The number of hydrogen-bond acceptors (Lipinski definition) is 6. The van der Waals surface area contributed by atoms with Crippen molar-refractivity contribution in [1.82, 2.24) is 4.31 Å². The van der Waals surface area contributed by atoms with Gasteiger partial charge in [0, 0.05) is 19.0 Å². The molecule has 2 aromatic carbocycles. The van der Waals surface area contributed by atoms with Crippen LogP contribution in [-0.4, -0.2) is 46.0 Å². The minimum atomic E-state index is -4.07. The van der Waals surface area contributed by atoms with Crippen LogP contribution in [0.2, 0.25) is 0 Å². The maximum Gasteiger partial charge on any atom is 0.247 e. The average Bonchev–Trinajstić information content (AvgIpc) is 2.98. The molecule has 0 radical (unpaired) electrons. The standard InChI is InChI=1S/C20H24N2O6S2/c1-15(2)21(14-16-7-5-4-6-8-16)30(26,27)19-13-17(9-10-18(19)28-3)22-20(23)11-12-29(22,24)25/h4-10,13,15H,11-12,14H2,1-3H3. The number of rotatable bonds is 7. The van der Waals surface area contributed by atoms with Crippen molar-refractivity contribution < 1.29 is 26.4 Å². The zero-order valence-electron chi connectivity index (χ0n) is 17.0. The van der Waals surface area contributed by atoms with Gasteiger partial charge in [0.1, 0.15) is 10.6 Å². The molecule has 8 nitrogen and oxygen atoms in total. The van der Waals surface area contributed by atoms with Crippen molar-refractivity contribution in [2.24, 2.45) is 0 Å². The number of methoxy groups -OCH3 is 1. The van der Waals surface area contributed by atoms with E-state index in [4.69, 9.17) is 4.74 Å². The Balaban J connectivity index is 2.10. The number of sulfonamides is 2. The fraction of sp³-hybridized carbons (Fsp3) is 0.350. The summed E-state index contributed by atoms with van der Waals surface area (Å²) in [6.45, 7) is 3.64. The van der Waals surface area contributed by atoms with Gasteiger partial charge in [-0.25, -0.2) is 21.1 Å². The minimum Gasteiger partial charge on any atom is -0.495 e. The van der Waals surface area contributed by atoms with E-state index in [1.54, 1.807) is 13.8 Å². The molecule has 0 atom stereocenters. The molecule has 0 aromatic heterocycles. The molecule has 1 amide bonds. The second kappa shape index (κ2) is 8.37. The molecular formula is C20H24N2O6S2. The quantitative estimate of drug-likeness (QED) is 0.639. The number of carbonyl (C=O) groups excluding carboxylic acids is 1. The lowest BCUT2D eigenvalue weighted by Crippen LogP contribution is -2.37. The monoisotopic (exact) mass is 452 g/mol. The molecule has 3 rings (SSSR count). The molecule has 10 heteroatoms. The summed E-state index contributed by atoms with van der Waals surface area (Å²) in [5.41, 5.74) is 0.794. The predicted molar refractivity (Wildman–Crippen MR) is 113 cm³/mol. The van der Waals surface area contributed by atoms with Crippen molar-refractivity contribution in [3.05, 3.63) is 54.1 Å². The zero-order valence-corrected chi connectivity index (χ0v) is 18.6. The zero-order chi connectivity index (χ0) is 22.1. The molecule has 0 saturated carbocycles. The van der Waals surface area contributed by atoms with Crippen molar-refractivity contribution in [3.63, 3.8) is 0 Å². The van der Waals surface area contributed by atoms with Gasteiger partial charge in [-0.2, -0.15) is 4.31 Å². The van der Waals surface area contributed by atoms with E-state index in [0.29, 0.717) is 4.31 Å². The van der Waals surface area contributed by atoms with Crippen LogP contribution in [0.25, 0.3) is 0 Å². The van der Waals surface area contributed by atoms with Gasteiger partial charge in [-0.1, -0.05) is 30.3 Å². The van der Waals surface area contributed by atoms with Crippen LogP contribution in [0.4, 0.5) is 5.69 Å². The molecule has 0 N–H and O–H groups in total. The second-order valence-corrected chi connectivity index (χ2v) is 11.0. The fourth-order valence-electron chi connectivity index (χ4n) is 3.30. The Labute approximate surface area is 177 Å². The Morgan fingerprint density at radius 2 is 1.80 bits per heavy atom. The summed E-state index contributed by atoms with van der Waals surface area (Å²) in [5, 5.41) is 0. The number of hydrogen-bond donors (Lipinski definition) is 0. The van der Waals surface area contributed by atoms with Crippen LogP contribution in [0.1, 0.15) is 25.8 Å². The number of amides is 1. The molecule has 1 aliphatic rings. The van der Waals surface area contributed by atoms with E-state index < -0.39 is 26.0 Å². The van der Waals surface area contributed by atoms with Crippen molar-refractivity contribution in [3.8, 4) is 5.75 Å². The van der Waals surface area contributed by atoms with Crippen molar-refractivity contribution in [1.29, 1.82) is 0 Å². The molecule has 30 heavy (non-hydrogen) atoms. The number of anilines is 1. The van der Waals surface area contributed by atoms with E-state index in [9.17, 15) is 21.6 Å². The van der Waals surface area contributed by atoms with Crippen molar-refractivity contribution in [2.75, 3.05) is 17.2 Å². The van der Waals surface area contributed by atoms with Crippen LogP contribution in [0.3, 0.4) is 0 Å². The highest BCUT2D eigenvalue weighted by atomic mass is 32.2. The first-order valence-electron chi connectivity index (χ1n) is 9.37. The summed E-state index contributed by atoms with van der Waals surface area (Å²) in [7, 11) is -6.56. The van der Waals surface area contributed by atoms with Gasteiger partial charge in [0.25, 0.3) is 0 Å². The summed E-state index contributed by atoms with van der Waals surface area (Å²) in [4.78, 5) is 12.0. The minimum absolute atomic E-state index is 0.0136. The van der Waals surface area contributed by atoms with Gasteiger partial charge >= 0.3 is 0 Å². The third-order valence-corrected chi connectivity index (χ3v) is 8.54. The molecule has 0 unspecified atom stereocenters. The highest BCUT2D eigenvalue weighted by molar-refractivity contribution is 7.94. The number of ether oxygens (including phenoxy) is 1. The molecule has 0 spiro atoms. The number of carbonyl (C=O) groups is 1. The van der Waals surface area contributed by atoms with E-state index in [1.165, 1.54) is 29.6 Å². The normalized spacial score (nSPS) is 16.4. The van der Waals surface area contributed by atoms with Crippen molar-refractivity contribution in [2.45, 2.75) is 37.8 Å². The predicted octanol–water partition coefficient (Wildman–Crippen LogP) is 2.36. The lowest BCUT2D eigenvalue weighted by Gasteiger charge is -2.27. The Bertz CT molecular complexity index is 1150. The highest BCUT2D eigenvalue weighted by Gasteiger charge is 2.38. The third kappa shape index (κ3) is 4.21. The van der Waals surface area contributed by atoms with Crippen LogP contribution in [0.15, 0.2) is 53.4 Å². The molecule has 1 fully saturated rings. The molecule has 0 aliphatic carbocycles. The highest BCUT2D eigenvalue weighted by Crippen LogP contribution is 2.35. The van der Waals surface area contributed by atoms with Crippen LogP contribution in [0.5, 0.6) is 5.75 Å². The maximum atomic E-state index is 13.6. The van der Waals surface area contributed by atoms with Gasteiger partial charge in [0.05, 0.1) is 18.6 Å². The summed E-state index contributed by atoms with van der Waals surface area (Å²) in [6.07, 6.45) is -0.136. The molecule has 1 aliphatic heterocycles. The Kier molecular flexibility index (Phi) is 6.21. The Morgan fingerprint density at radius 1 is 1.13 bits per heavy atom. The lowest BCUT2D eigenvalue weighted by atomic mass is 10.2. The average molecular weight is 453 g/mol. The lowest BCUT2D eigenvalue weighted by molar-refractivity contribution is -0.116. The molecule has 162 valence electrons. The first-order chi connectivity index (χ1) is 14.1. The number of nitrogens with zero attached hydrogens (tertiary/aromatic N) is 2. The van der Waals surface area contributed by atoms with Gasteiger partial charge in [-0.15, -0.1) is 0 Å². The van der Waals surface area contributed by atoms with Crippen LogP contribution < -0.4 is 9.04 Å². The van der Waals surface area contributed by atoms with Gasteiger partial charge in [-0.3, -0.25) is 4.79 Å². The second-order valence-electron chi connectivity index (χ2n) is 7.19. The first kappa shape index (κ1) is 22.3. The Hall–Kier alpha value is -2.43. The van der Waals surface area contributed by atoms with E-state index in [1.807, 2.05) is 30.3 Å². The molecule has 2 aromatic rings. The van der Waals surface area contributed by atoms with Gasteiger partial charge in [0.15, 0.2) is 0 Å². The van der Waals surface area contributed by atoms with E-state index in [0.717, 1.165) is 5.56 Å². The summed E-state index contributed by atoms with van der Waals surface area (Å²) in [5.74, 6) is -0.818. The fourth-order valence-corrected chi connectivity index (χ4v) is 6.55. The van der Waals surface area contributed by atoms with Gasteiger partial charge in [0.2, 0.25) is 26.0 Å². The molecule has 1 saturated heterocycles. The summed E-state index contributed by atoms with van der Waals surface area (Å²) in [6, 6.07) is 12.7. The molecule has 1 heterocycles. The third-order valence-electron chi connectivity index (χ3n) is 4.80. The van der Waals surface area contributed by atoms with Crippen LogP contribution in [-0.2, 0) is 31.4 Å². The first-order valence-corrected chi connectivity index (χ1v) is 12.4. The maximum absolute atomic E-state index is 13.6. The van der Waals surface area contributed by atoms with Gasteiger partial charge in [-0.05, 0) is 37.6 Å². The van der Waals surface area contributed by atoms with E-state index >= 15 is 0 Å². The number of benzene rings is 2. The largest absolute Gasteiger partial charge is 0.495 e. The molecule has 0 bridgehead atoms. The summed E-state index contributed by atoms with van der Waals surface area (Å²) >= 11 is 0. The van der Waals surface area contributed by atoms with Crippen molar-refractivity contribution >= 4 is 31.6 Å². The summed E-state index contributed by atoms with van der Waals surface area (Å²) < 4.78 is 58.9. The SMILES string of the molecule is COc1ccc(N2C(=O)CCS2(=O)=O)cc1S(=O)(=O)N(Cc1ccccc1)C(C)C.